The van der Waals surface area contributed by atoms with Crippen molar-refractivity contribution in [2.75, 3.05) is 6.54 Å². The van der Waals surface area contributed by atoms with Gasteiger partial charge in [-0.15, -0.1) is 0 Å². The van der Waals surface area contributed by atoms with Crippen LogP contribution in [0.4, 0.5) is 0 Å². The molecule has 0 unspecified atom stereocenters. The van der Waals surface area contributed by atoms with E-state index in [4.69, 9.17) is 14.2 Å². The highest BCUT2D eigenvalue weighted by molar-refractivity contribution is 8.31. The maximum absolute atomic E-state index is 9.16. The first-order valence-electron chi connectivity index (χ1n) is 3.81. The zero-order chi connectivity index (χ0) is 11.0. The van der Waals surface area contributed by atoms with Crippen molar-refractivity contribution in [3.05, 3.63) is 35.9 Å². The standard InChI is InChI=1S/C8H11N.Cl2O2S/c9-7-6-8-4-2-1-3-5-8;1-5(2,3)4/h1-5H,6-7,9H2;. The van der Waals surface area contributed by atoms with Crippen LogP contribution in [0.3, 0.4) is 0 Å². The summed E-state index contributed by atoms with van der Waals surface area (Å²) in [6.07, 6.45) is 0.987. The van der Waals surface area contributed by atoms with E-state index in [0.717, 1.165) is 13.0 Å². The Morgan fingerprint density at radius 2 is 1.57 bits per heavy atom. The van der Waals surface area contributed by atoms with Gasteiger partial charge in [0, 0.05) is 21.4 Å². The first-order chi connectivity index (χ1) is 6.43. The Bertz CT molecular complexity index is 332. The summed E-state index contributed by atoms with van der Waals surface area (Å²) < 4.78 is 18.3. The predicted molar refractivity (Wildman–Crippen MR) is 59.8 cm³/mol. The number of halogens is 2. The summed E-state index contributed by atoms with van der Waals surface area (Å²) in [6.45, 7) is 0.740. The third kappa shape index (κ3) is 11.7. The van der Waals surface area contributed by atoms with Gasteiger partial charge in [0.1, 0.15) is 0 Å². The third-order valence-electron chi connectivity index (χ3n) is 1.28. The zero-order valence-electron chi connectivity index (χ0n) is 7.36. The maximum Gasteiger partial charge on any atom is 0.317 e. The van der Waals surface area contributed by atoms with Gasteiger partial charge in [-0.25, -0.2) is 0 Å². The van der Waals surface area contributed by atoms with Gasteiger partial charge in [0.25, 0.3) is 0 Å². The molecule has 0 bridgehead atoms. The maximum atomic E-state index is 9.16. The number of hydrogen-bond donors (Lipinski definition) is 1. The van der Waals surface area contributed by atoms with Gasteiger partial charge in [-0.1, -0.05) is 30.3 Å². The second-order valence-corrected chi connectivity index (χ2v) is 6.07. The van der Waals surface area contributed by atoms with Crippen molar-refractivity contribution >= 4 is 29.6 Å². The van der Waals surface area contributed by atoms with Crippen LogP contribution in [0.1, 0.15) is 5.56 Å². The van der Waals surface area contributed by atoms with E-state index in [9.17, 15) is 0 Å². The highest BCUT2D eigenvalue weighted by atomic mass is 36.0. The second-order valence-electron chi connectivity index (χ2n) is 2.40. The van der Waals surface area contributed by atoms with Crippen molar-refractivity contribution < 1.29 is 8.42 Å². The zero-order valence-corrected chi connectivity index (χ0v) is 9.69. The van der Waals surface area contributed by atoms with Gasteiger partial charge in [0.05, 0.1) is 0 Å². The fourth-order valence-corrected chi connectivity index (χ4v) is 0.811. The highest BCUT2D eigenvalue weighted by Crippen LogP contribution is 1.98. The minimum atomic E-state index is -3.72. The first-order valence-corrected chi connectivity index (χ1v) is 6.95. The van der Waals surface area contributed by atoms with Crippen LogP contribution in [0, 0.1) is 0 Å². The van der Waals surface area contributed by atoms with Crippen LogP contribution >= 0.6 is 21.4 Å². The molecule has 1 aromatic carbocycles. The minimum Gasteiger partial charge on any atom is -0.330 e. The SMILES string of the molecule is NCCc1ccccc1.O=S(=O)(Cl)Cl. The summed E-state index contributed by atoms with van der Waals surface area (Å²) in [5.41, 5.74) is 6.68. The van der Waals surface area contributed by atoms with Gasteiger partial charge in [0.2, 0.25) is 0 Å². The molecule has 0 amide bonds. The molecule has 0 aliphatic heterocycles. The van der Waals surface area contributed by atoms with Gasteiger partial charge in [0.15, 0.2) is 0 Å². The molecule has 1 aromatic rings. The predicted octanol–water partition coefficient (Wildman–Crippen LogP) is 1.90. The van der Waals surface area contributed by atoms with Crippen molar-refractivity contribution in [1.82, 2.24) is 0 Å². The van der Waals surface area contributed by atoms with E-state index in [1.165, 1.54) is 5.56 Å². The second kappa shape index (κ2) is 7.06. The Labute approximate surface area is 92.7 Å². The molecule has 0 fully saturated rings. The molecule has 0 aliphatic carbocycles. The molecule has 0 aliphatic rings. The van der Waals surface area contributed by atoms with Gasteiger partial charge in [-0.3, -0.25) is 0 Å². The minimum absolute atomic E-state index is 0.740. The van der Waals surface area contributed by atoms with Crippen molar-refractivity contribution in [2.45, 2.75) is 6.42 Å². The van der Waals surface area contributed by atoms with Crippen molar-refractivity contribution in [2.24, 2.45) is 5.73 Å². The van der Waals surface area contributed by atoms with E-state index in [0.29, 0.717) is 0 Å². The molecule has 0 radical (unpaired) electrons. The highest BCUT2D eigenvalue weighted by Gasteiger charge is 1.88. The molecule has 0 aromatic heterocycles. The Kier molecular flexibility index (Phi) is 6.92. The molecular weight excluding hydrogens is 245 g/mol. The lowest BCUT2D eigenvalue weighted by molar-refractivity contribution is 0.621. The third-order valence-corrected chi connectivity index (χ3v) is 1.28. The average Bonchev–Trinajstić information content (AvgIpc) is 2.03. The molecule has 0 saturated heterocycles. The van der Waals surface area contributed by atoms with Crippen LogP contribution in [0.2, 0.25) is 0 Å². The molecular formula is C8H11Cl2NO2S. The summed E-state index contributed by atoms with van der Waals surface area (Å²) in [5.74, 6) is 0. The lowest BCUT2D eigenvalue weighted by Crippen LogP contribution is -2.01. The Morgan fingerprint density at radius 1 is 1.14 bits per heavy atom. The quantitative estimate of drug-likeness (QED) is 0.822. The number of nitrogens with two attached hydrogens (primary N) is 1. The topological polar surface area (TPSA) is 60.2 Å². The van der Waals surface area contributed by atoms with E-state index in [1.54, 1.807) is 0 Å². The van der Waals surface area contributed by atoms with E-state index in [2.05, 4.69) is 33.5 Å². The molecule has 6 heteroatoms. The van der Waals surface area contributed by atoms with Gasteiger partial charge in [-0.2, -0.15) is 8.42 Å². The van der Waals surface area contributed by atoms with Crippen LogP contribution in [0.15, 0.2) is 30.3 Å². The van der Waals surface area contributed by atoms with E-state index in [1.807, 2.05) is 18.2 Å². The molecule has 80 valence electrons. The molecule has 1 rings (SSSR count). The summed E-state index contributed by atoms with van der Waals surface area (Å²) in [7, 11) is 4.81. The fourth-order valence-electron chi connectivity index (χ4n) is 0.811. The molecule has 0 heterocycles. The summed E-state index contributed by atoms with van der Waals surface area (Å²) in [6, 6.07) is 10.3. The van der Waals surface area contributed by atoms with Crippen LogP contribution in [0.5, 0.6) is 0 Å². The summed E-state index contributed by atoms with van der Waals surface area (Å²) in [4.78, 5) is 0. The largest absolute Gasteiger partial charge is 0.330 e. The Balaban J connectivity index is 0.000000292. The average molecular weight is 256 g/mol. The first kappa shape index (κ1) is 13.7. The molecule has 3 nitrogen and oxygen atoms in total. The van der Waals surface area contributed by atoms with Crippen LogP contribution in [-0.4, -0.2) is 15.0 Å². The number of hydrogen-bond acceptors (Lipinski definition) is 3. The molecule has 2 N–H and O–H groups in total. The summed E-state index contributed by atoms with van der Waals surface area (Å²) in [5, 5.41) is 0. The summed E-state index contributed by atoms with van der Waals surface area (Å²) >= 11 is 0. The van der Waals surface area contributed by atoms with E-state index in [-0.39, 0.29) is 0 Å². The van der Waals surface area contributed by atoms with Gasteiger partial charge < -0.3 is 5.73 Å². The number of rotatable bonds is 2. The fraction of sp³-hybridized carbons (Fsp3) is 0.250. The van der Waals surface area contributed by atoms with E-state index >= 15 is 0 Å². The van der Waals surface area contributed by atoms with Crippen LogP contribution in [-0.2, 0) is 14.7 Å². The lowest BCUT2D eigenvalue weighted by Gasteiger charge is -1.93. The smallest absolute Gasteiger partial charge is 0.317 e. The van der Waals surface area contributed by atoms with Crippen molar-refractivity contribution in [3.63, 3.8) is 0 Å². The van der Waals surface area contributed by atoms with Gasteiger partial charge in [-0.05, 0) is 18.5 Å². The van der Waals surface area contributed by atoms with Crippen LogP contribution < -0.4 is 5.73 Å². The monoisotopic (exact) mass is 255 g/mol. The normalized spacial score (nSPS) is 10.2. The molecule has 0 atom stereocenters. The Hall–Kier alpha value is -0.290. The molecule has 0 spiro atoms. The lowest BCUT2D eigenvalue weighted by atomic mass is 10.2. The van der Waals surface area contributed by atoms with Gasteiger partial charge >= 0.3 is 8.26 Å². The van der Waals surface area contributed by atoms with Crippen LogP contribution in [0.25, 0.3) is 0 Å². The van der Waals surface area contributed by atoms with Crippen molar-refractivity contribution in [3.8, 4) is 0 Å². The molecule has 14 heavy (non-hydrogen) atoms. The number of benzene rings is 1. The molecule has 0 saturated carbocycles. The Morgan fingerprint density at radius 3 is 1.93 bits per heavy atom. The van der Waals surface area contributed by atoms with E-state index < -0.39 is 8.26 Å². The van der Waals surface area contributed by atoms with Crippen molar-refractivity contribution in [1.29, 1.82) is 0 Å².